The quantitative estimate of drug-likeness (QED) is 0.861. The van der Waals surface area contributed by atoms with E-state index in [4.69, 9.17) is 15.2 Å². The van der Waals surface area contributed by atoms with Crippen molar-refractivity contribution in [3.05, 3.63) is 11.3 Å². The lowest BCUT2D eigenvalue weighted by Gasteiger charge is -2.16. The third-order valence-electron chi connectivity index (χ3n) is 3.30. The second-order valence-electron chi connectivity index (χ2n) is 4.27. The molecular weight excluding hydrogens is 218 g/mol. The van der Waals surface area contributed by atoms with Crippen molar-refractivity contribution >= 4 is 0 Å². The van der Waals surface area contributed by atoms with Crippen molar-refractivity contribution in [1.29, 1.82) is 0 Å². The van der Waals surface area contributed by atoms with E-state index in [2.05, 4.69) is 9.97 Å². The van der Waals surface area contributed by atoms with Crippen LogP contribution < -0.4 is 15.2 Å². The van der Waals surface area contributed by atoms with E-state index < -0.39 is 0 Å². The number of hydrogen-bond donors (Lipinski definition) is 1. The van der Waals surface area contributed by atoms with Crippen LogP contribution in [0.4, 0.5) is 0 Å². The Labute approximate surface area is 101 Å². The summed E-state index contributed by atoms with van der Waals surface area (Å²) in [5.74, 6) is 1.01. The second-order valence-corrected chi connectivity index (χ2v) is 4.27. The fourth-order valence-corrected chi connectivity index (χ4v) is 2.45. The molecule has 0 aliphatic heterocycles. The zero-order chi connectivity index (χ0) is 12.3. The lowest BCUT2D eigenvalue weighted by molar-refractivity contribution is 0.344. The van der Waals surface area contributed by atoms with Crippen LogP contribution in [0.3, 0.4) is 0 Å². The predicted molar refractivity (Wildman–Crippen MR) is 64.2 cm³/mol. The molecule has 94 valence electrons. The lowest BCUT2D eigenvalue weighted by Crippen LogP contribution is -2.12. The van der Waals surface area contributed by atoms with Crippen LogP contribution in [0.1, 0.15) is 42.9 Å². The number of ether oxygens (including phenoxy) is 2. The Morgan fingerprint density at radius 1 is 1.18 bits per heavy atom. The molecule has 0 saturated heterocycles. The maximum absolute atomic E-state index is 5.79. The molecule has 1 aliphatic rings. The minimum atomic E-state index is 0.362. The van der Waals surface area contributed by atoms with E-state index in [-0.39, 0.29) is 0 Å². The van der Waals surface area contributed by atoms with Crippen molar-refractivity contribution in [1.82, 2.24) is 9.97 Å². The number of hydrogen-bond acceptors (Lipinski definition) is 5. The monoisotopic (exact) mass is 237 g/mol. The molecule has 1 aromatic rings. The van der Waals surface area contributed by atoms with Crippen LogP contribution in [0.25, 0.3) is 0 Å². The lowest BCUT2D eigenvalue weighted by atomic mass is 9.99. The summed E-state index contributed by atoms with van der Waals surface area (Å²) in [6.45, 7) is 0.402. The van der Waals surface area contributed by atoms with Gasteiger partial charge in [0, 0.05) is 18.0 Å². The molecule has 1 saturated carbocycles. The number of nitrogens with zero attached hydrogens (tertiary/aromatic N) is 2. The molecule has 0 unspecified atom stereocenters. The highest BCUT2D eigenvalue weighted by molar-refractivity contribution is 5.34. The van der Waals surface area contributed by atoms with Crippen molar-refractivity contribution in [2.24, 2.45) is 5.73 Å². The van der Waals surface area contributed by atoms with Crippen molar-refractivity contribution < 1.29 is 9.47 Å². The zero-order valence-electron chi connectivity index (χ0n) is 10.4. The number of nitrogens with two attached hydrogens (primary N) is 1. The molecule has 0 radical (unpaired) electrons. The first-order chi connectivity index (χ1) is 8.30. The van der Waals surface area contributed by atoms with Crippen LogP contribution in [0.15, 0.2) is 0 Å². The van der Waals surface area contributed by atoms with E-state index in [9.17, 15) is 0 Å². The average Bonchev–Trinajstić information content (AvgIpc) is 2.90. The molecule has 1 heterocycles. The first-order valence-electron chi connectivity index (χ1n) is 5.99. The van der Waals surface area contributed by atoms with Gasteiger partial charge in [-0.15, -0.1) is 0 Å². The van der Waals surface area contributed by atoms with Crippen LogP contribution in [-0.2, 0) is 6.54 Å². The van der Waals surface area contributed by atoms with Gasteiger partial charge in [0.1, 0.15) is 0 Å². The first-order valence-corrected chi connectivity index (χ1v) is 5.99. The van der Waals surface area contributed by atoms with Crippen LogP contribution in [0.2, 0.25) is 0 Å². The molecule has 1 aromatic heterocycles. The fraction of sp³-hybridized carbons (Fsp3) is 0.667. The van der Waals surface area contributed by atoms with Crippen LogP contribution in [0, 0.1) is 0 Å². The Hall–Kier alpha value is -1.36. The minimum absolute atomic E-state index is 0.362. The molecule has 1 aliphatic carbocycles. The number of aromatic nitrogens is 2. The summed E-state index contributed by atoms with van der Waals surface area (Å²) < 4.78 is 10.4. The summed E-state index contributed by atoms with van der Waals surface area (Å²) in [7, 11) is 3.16. The van der Waals surface area contributed by atoms with Crippen LogP contribution >= 0.6 is 0 Å². The van der Waals surface area contributed by atoms with Gasteiger partial charge < -0.3 is 15.2 Å². The highest BCUT2D eigenvalue weighted by atomic mass is 16.5. The highest BCUT2D eigenvalue weighted by Gasteiger charge is 2.24. The SMILES string of the molecule is COc1nc(OC)c(CN)c(C2CCCC2)n1. The zero-order valence-corrected chi connectivity index (χ0v) is 10.4. The van der Waals surface area contributed by atoms with Crippen LogP contribution in [-0.4, -0.2) is 24.2 Å². The fourth-order valence-electron chi connectivity index (χ4n) is 2.45. The smallest absolute Gasteiger partial charge is 0.319 e. The van der Waals surface area contributed by atoms with E-state index in [1.807, 2.05) is 0 Å². The van der Waals surface area contributed by atoms with Crippen LogP contribution in [0.5, 0.6) is 11.9 Å². The van der Waals surface area contributed by atoms with Gasteiger partial charge in [0.05, 0.1) is 19.9 Å². The molecule has 0 atom stereocenters. The van der Waals surface area contributed by atoms with E-state index in [0.717, 1.165) is 24.1 Å². The van der Waals surface area contributed by atoms with E-state index >= 15 is 0 Å². The Kier molecular flexibility index (Phi) is 3.78. The Morgan fingerprint density at radius 3 is 2.41 bits per heavy atom. The molecule has 17 heavy (non-hydrogen) atoms. The Bertz CT molecular complexity index is 390. The summed E-state index contributed by atoms with van der Waals surface area (Å²) in [5, 5.41) is 0. The summed E-state index contributed by atoms with van der Waals surface area (Å²) in [4.78, 5) is 8.64. The third kappa shape index (κ3) is 2.34. The standard InChI is InChI=1S/C12H19N3O2/c1-16-11-9(7-13)10(8-5-3-4-6-8)14-12(15-11)17-2/h8H,3-7,13H2,1-2H3. The van der Waals surface area contributed by atoms with E-state index in [1.54, 1.807) is 14.2 Å². The highest BCUT2D eigenvalue weighted by Crippen LogP contribution is 2.37. The summed E-state index contributed by atoms with van der Waals surface area (Å²) in [6.07, 6.45) is 4.83. The predicted octanol–water partition coefficient (Wildman–Crippen LogP) is 1.61. The molecule has 1 fully saturated rings. The van der Waals surface area contributed by atoms with Gasteiger partial charge in [-0.05, 0) is 12.8 Å². The minimum Gasteiger partial charge on any atom is -0.481 e. The van der Waals surface area contributed by atoms with Gasteiger partial charge in [-0.1, -0.05) is 12.8 Å². The van der Waals surface area contributed by atoms with E-state index in [1.165, 1.54) is 12.8 Å². The largest absolute Gasteiger partial charge is 0.481 e. The average molecular weight is 237 g/mol. The maximum Gasteiger partial charge on any atom is 0.319 e. The topological polar surface area (TPSA) is 70.3 Å². The number of methoxy groups -OCH3 is 2. The Morgan fingerprint density at radius 2 is 1.88 bits per heavy atom. The van der Waals surface area contributed by atoms with Gasteiger partial charge in [0.2, 0.25) is 5.88 Å². The summed E-state index contributed by atoms with van der Waals surface area (Å²) in [6, 6.07) is 0.362. The summed E-state index contributed by atoms with van der Waals surface area (Å²) in [5.41, 5.74) is 7.71. The molecule has 0 amide bonds. The van der Waals surface area contributed by atoms with Crippen molar-refractivity contribution in [3.8, 4) is 11.9 Å². The molecule has 5 nitrogen and oxygen atoms in total. The third-order valence-corrected chi connectivity index (χ3v) is 3.30. The van der Waals surface area contributed by atoms with Gasteiger partial charge in [-0.2, -0.15) is 9.97 Å². The second kappa shape index (κ2) is 5.31. The van der Waals surface area contributed by atoms with Gasteiger partial charge in [-0.3, -0.25) is 0 Å². The molecule has 2 rings (SSSR count). The van der Waals surface area contributed by atoms with Crippen molar-refractivity contribution in [3.63, 3.8) is 0 Å². The number of rotatable bonds is 4. The molecule has 0 spiro atoms. The van der Waals surface area contributed by atoms with E-state index in [0.29, 0.717) is 24.4 Å². The summed E-state index contributed by atoms with van der Waals surface area (Å²) >= 11 is 0. The van der Waals surface area contributed by atoms with Gasteiger partial charge >= 0.3 is 6.01 Å². The molecular formula is C12H19N3O2. The molecule has 2 N–H and O–H groups in total. The van der Waals surface area contributed by atoms with Gasteiger partial charge in [0.15, 0.2) is 0 Å². The molecule has 5 heteroatoms. The van der Waals surface area contributed by atoms with Crippen molar-refractivity contribution in [2.45, 2.75) is 38.1 Å². The molecule has 0 aromatic carbocycles. The maximum atomic E-state index is 5.79. The first kappa shape index (κ1) is 12.1. The van der Waals surface area contributed by atoms with Crippen molar-refractivity contribution in [2.75, 3.05) is 14.2 Å². The Balaban J connectivity index is 2.45. The normalized spacial score (nSPS) is 16.2. The molecule has 0 bridgehead atoms. The van der Waals surface area contributed by atoms with Gasteiger partial charge in [-0.25, -0.2) is 0 Å². The van der Waals surface area contributed by atoms with Gasteiger partial charge in [0.25, 0.3) is 0 Å².